The zero-order chi connectivity index (χ0) is 14.0. The van der Waals surface area contributed by atoms with Gasteiger partial charge in [0, 0.05) is 6.42 Å². The van der Waals surface area contributed by atoms with Crippen LogP contribution in [0.15, 0.2) is 0 Å². The molecule has 0 bridgehead atoms. The quantitative estimate of drug-likeness (QED) is 0.628. The molecule has 0 saturated carbocycles. The Morgan fingerprint density at radius 2 is 1.61 bits per heavy atom. The van der Waals surface area contributed by atoms with Crippen LogP contribution in [0.25, 0.3) is 0 Å². The van der Waals surface area contributed by atoms with Crippen LogP contribution < -0.4 is 0 Å². The lowest BCUT2D eigenvalue weighted by atomic mass is 10.0. The first-order valence-electron chi connectivity index (χ1n) is 5.05. The van der Waals surface area contributed by atoms with E-state index in [1.165, 1.54) is 0 Å². The van der Waals surface area contributed by atoms with E-state index < -0.39 is 45.2 Å². The van der Waals surface area contributed by atoms with Gasteiger partial charge in [0.25, 0.3) is 20.2 Å². The SMILES string of the molecule is CS(=O)(=O)O[C@H]1C[C@H](CF)OC[C@H]1OS(C)(=O)=O. The summed E-state index contributed by atoms with van der Waals surface area (Å²) < 4.78 is 70.9. The van der Waals surface area contributed by atoms with E-state index in [0.29, 0.717) is 0 Å². The lowest BCUT2D eigenvalue weighted by Crippen LogP contribution is -2.46. The van der Waals surface area contributed by atoms with Crippen molar-refractivity contribution in [3.05, 3.63) is 0 Å². The van der Waals surface area contributed by atoms with Crippen LogP contribution in [0.5, 0.6) is 0 Å². The highest BCUT2D eigenvalue weighted by Crippen LogP contribution is 2.22. The average Bonchev–Trinajstić information content (AvgIpc) is 2.16. The van der Waals surface area contributed by atoms with E-state index in [9.17, 15) is 21.2 Å². The molecule has 0 N–H and O–H groups in total. The molecular weight excluding hydrogens is 291 g/mol. The Balaban J connectivity index is 2.80. The van der Waals surface area contributed by atoms with Gasteiger partial charge in [0.2, 0.25) is 0 Å². The summed E-state index contributed by atoms with van der Waals surface area (Å²) in [5.41, 5.74) is 0. The second-order valence-corrected chi connectivity index (χ2v) is 7.22. The number of hydrogen-bond acceptors (Lipinski definition) is 7. The van der Waals surface area contributed by atoms with Crippen LogP contribution in [-0.4, -0.2) is 60.9 Å². The van der Waals surface area contributed by atoms with Gasteiger partial charge in [0.15, 0.2) is 0 Å². The monoisotopic (exact) mass is 306 g/mol. The average molecular weight is 306 g/mol. The van der Waals surface area contributed by atoms with E-state index >= 15 is 0 Å². The molecule has 0 amide bonds. The van der Waals surface area contributed by atoms with Crippen molar-refractivity contribution in [2.45, 2.75) is 24.7 Å². The van der Waals surface area contributed by atoms with Crippen LogP contribution in [-0.2, 0) is 33.3 Å². The molecule has 0 aliphatic carbocycles. The van der Waals surface area contributed by atoms with Gasteiger partial charge in [-0.3, -0.25) is 8.37 Å². The number of halogens is 1. The van der Waals surface area contributed by atoms with Crippen LogP contribution in [0.3, 0.4) is 0 Å². The Hall–Kier alpha value is -0.290. The largest absolute Gasteiger partial charge is 0.373 e. The molecule has 0 unspecified atom stereocenters. The molecule has 0 radical (unpaired) electrons. The third-order valence-electron chi connectivity index (χ3n) is 2.17. The van der Waals surface area contributed by atoms with Crippen LogP contribution in [0.4, 0.5) is 4.39 Å². The van der Waals surface area contributed by atoms with Gasteiger partial charge in [-0.25, -0.2) is 4.39 Å². The van der Waals surface area contributed by atoms with Gasteiger partial charge in [-0.15, -0.1) is 0 Å². The van der Waals surface area contributed by atoms with Crippen LogP contribution in [0.1, 0.15) is 6.42 Å². The van der Waals surface area contributed by atoms with Crippen molar-refractivity contribution in [1.29, 1.82) is 0 Å². The Labute approximate surface area is 105 Å². The third kappa shape index (κ3) is 5.57. The molecule has 1 saturated heterocycles. The summed E-state index contributed by atoms with van der Waals surface area (Å²) in [7, 11) is -7.58. The Kier molecular flexibility index (Phi) is 5.06. The Morgan fingerprint density at radius 1 is 1.11 bits per heavy atom. The molecule has 0 aromatic carbocycles. The number of rotatable bonds is 5. The summed E-state index contributed by atoms with van der Waals surface area (Å²) >= 11 is 0. The minimum atomic E-state index is -3.80. The first kappa shape index (κ1) is 15.8. The van der Waals surface area contributed by atoms with Crippen molar-refractivity contribution in [3.8, 4) is 0 Å². The highest BCUT2D eigenvalue weighted by molar-refractivity contribution is 7.86. The topological polar surface area (TPSA) is 96.0 Å². The molecule has 1 aliphatic heterocycles. The summed E-state index contributed by atoms with van der Waals surface area (Å²) in [6.07, 6.45) is -1.45. The fourth-order valence-corrected chi connectivity index (χ4v) is 2.84. The van der Waals surface area contributed by atoms with Crippen molar-refractivity contribution >= 4 is 20.2 Å². The standard InChI is InChI=1S/C8H15FO7S2/c1-17(10,11)15-7-3-6(4-9)14-5-8(7)16-18(2,12)13/h6-8H,3-5H2,1-2H3/t6-,7+,8-/m1/s1. The molecular formula is C8H15FO7S2. The zero-order valence-electron chi connectivity index (χ0n) is 9.91. The van der Waals surface area contributed by atoms with Crippen molar-refractivity contribution in [1.82, 2.24) is 0 Å². The number of ether oxygens (including phenoxy) is 1. The normalized spacial score (nSPS) is 30.3. The summed E-state index contributed by atoms with van der Waals surface area (Å²) in [5.74, 6) is 0. The molecule has 1 rings (SSSR count). The van der Waals surface area contributed by atoms with Gasteiger partial charge < -0.3 is 4.74 Å². The van der Waals surface area contributed by atoms with E-state index in [1.54, 1.807) is 0 Å². The van der Waals surface area contributed by atoms with Gasteiger partial charge >= 0.3 is 0 Å². The third-order valence-corrected chi connectivity index (χ3v) is 3.37. The molecule has 3 atom stereocenters. The molecule has 0 aromatic rings. The molecule has 10 heteroatoms. The summed E-state index contributed by atoms with van der Waals surface area (Å²) in [6.45, 7) is -1.06. The van der Waals surface area contributed by atoms with Crippen LogP contribution in [0, 0.1) is 0 Å². The van der Waals surface area contributed by atoms with Gasteiger partial charge in [0.05, 0.1) is 25.2 Å². The van der Waals surface area contributed by atoms with Crippen LogP contribution in [0.2, 0.25) is 0 Å². The number of alkyl halides is 1. The molecule has 1 fully saturated rings. The fourth-order valence-electron chi connectivity index (χ4n) is 1.56. The first-order valence-corrected chi connectivity index (χ1v) is 8.68. The van der Waals surface area contributed by atoms with Gasteiger partial charge in [0.1, 0.15) is 18.9 Å². The molecule has 108 valence electrons. The Bertz CT molecular complexity index is 472. The molecule has 7 nitrogen and oxygen atoms in total. The molecule has 1 heterocycles. The van der Waals surface area contributed by atoms with E-state index in [1.807, 2.05) is 0 Å². The minimum absolute atomic E-state index is 0.0935. The smallest absolute Gasteiger partial charge is 0.264 e. The van der Waals surface area contributed by atoms with Gasteiger partial charge in [-0.2, -0.15) is 16.8 Å². The van der Waals surface area contributed by atoms with E-state index in [0.717, 1.165) is 12.5 Å². The lowest BCUT2D eigenvalue weighted by molar-refractivity contribution is -0.104. The van der Waals surface area contributed by atoms with Crippen molar-refractivity contribution in [3.63, 3.8) is 0 Å². The van der Waals surface area contributed by atoms with Gasteiger partial charge in [-0.05, 0) is 0 Å². The fraction of sp³-hybridized carbons (Fsp3) is 1.00. The molecule has 0 spiro atoms. The van der Waals surface area contributed by atoms with Crippen molar-refractivity contribution < 1.29 is 34.3 Å². The maximum Gasteiger partial charge on any atom is 0.264 e. The highest BCUT2D eigenvalue weighted by atomic mass is 32.2. The summed E-state index contributed by atoms with van der Waals surface area (Å²) in [4.78, 5) is 0. The number of hydrogen-bond donors (Lipinski definition) is 0. The van der Waals surface area contributed by atoms with E-state index in [4.69, 9.17) is 8.92 Å². The van der Waals surface area contributed by atoms with Crippen molar-refractivity contribution in [2.75, 3.05) is 25.8 Å². The predicted molar refractivity (Wildman–Crippen MR) is 59.8 cm³/mol. The maximum atomic E-state index is 12.5. The van der Waals surface area contributed by atoms with E-state index in [2.05, 4.69) is 4.18 Å². The second kappa shape index (κ2) is 5.78. The molecule has 1 aliphatic rings. The minimum Gasteiger partial charge on any atom is -0.373 e. The lowest BCUT2D eigenvalue weighted by Gasteiger charge is -2.33. The molecule has 18 heavy (non-hydrogen) atoms. The Morgan fingerprint density at radius 3 is 2.06 bits per heavy atom. The zero-order valence-corrected chi connectivity index (χ0v) is 11.5. The van der Waals surface area contributed by atoms with Crippen LogP contribution >= 0.6 is 0 Å². The summed E-state index contributed by atoms with van der Waals surface area (Å²) in [5, 5.41) is 0. The van der Waals surface area contributed by atoms with Gasteiger partial charge in [-0.1, -0.05) is 0 Å². The van der Waals surface area contributed by atoms with Crippen molar-refractivity contribution in [2.24, 2.45) is 0 Å². The predicted octanol–water partition coefficient (Wildman–Crippen LogP) is -0.566. The maximum absolute atomic E-state index is 12.5. The first-order chi connectivity index (χ1) is 8.11. The second-order valence-electron chi connectivity index (χ2n) is 4.02. The van der Waals surface area contributed by atoms with E-state index in [-0.39, 0.29) is 13.0 Å². The molecule has 0 aromatic heterocycles. The summed E-state index contributed by atoms with van der Waals surface area (Å²) in [6, 6.07) is 0. The highest BCUT2D eigenvalue weighted by Gasteiger charge is 2.37.